The molecule has 1 aromatic rings. The van der Waals surface area contributed by atoms with Crippen molar-refractivity contribution in [2.45, 2.75) is 33.2 Å². The number of nitrogens with zero attached hydrogens (tertiary/aromatic N) is 5. The van der Waals surface area contributed by atoms with Crippen LogP contribution in [0, 0.1) is 5.92 Å². The second-order valence-corrected chi connectivity index (χ2v) is 7.65. The van der Waals surface area contributed by atoms with Crippen LogP contribution in [0.5, 0.6) is 0 Å². The van der Waals surface area contributed by atoms with Gasteiger partial charge >= 0.3 is 0 Å². The third-order valence-electron chi connectivity index (χ3n) is 5.47. The largest absolute Gasteiger partial charge is 0.357 e. The Bertz CT molecular complexity index is 568. The molecule has 0 amide bonds. The Labute approximate surface area is 158 Å². The van der Waals surface area contributed by atoms with E-state index in [9.17, 15) is 0 Å². The molecule has 3 heterocycles. The molecular formula is C20H34N6. The van der Waals surface area contributed by atoms with Crippen molar-refractivity contribution in [3.05, 3.63) is 23.9 Å². The first kappa shape index (κ1) is 19.0. The van der Waals surface area contributed by atoms with Crippen LogP contribution < -0.4 is 10.2 Å². The van der Waals surface area contributed by atoms with E-state index in [1.165, 1.54) is 18.4 Å². The summed E-state index contributed by atoms with van der Waals surface area (Å²) in [6.45, 7) is 12.6. The number of aliphatic imine (C=N–C) groups is 1. The quantitative estimate of drug-likeness (QED) is 0.659. The summed E-state index contributed by atoms with van der Waals surface area (Å²) in [5.74, 6) is 2.96. The average molecular weight is 359 g/mol. The number of piperazine rings is 1. The number of hydrogen-bond acceptors (Lipinski definition) is 4. The number of aromatic nitrogens is 1. The minimum absolute atomic E-state index is 0.685. The van der Waals surface area contributed by atoms with Crippen LogP contribution in [0.15, 0.2) is 23.3 Å². The lowest BCUT2D eigenvalue weighted by Gasteiger charge is -2.33. The van der Waals surface area contributed by atoms with Gasteiger partial charge in [0.2, 0.25) is 0 Å². The van der Waals surface area contributed by atoms with Gasteiger partial charge in [-0.15, -0.1) is 0 Å². The Balaban J connectivity index is 1.58. The maximum Gasteiger partial charge on any atom is 0.194 e. The molecule has 0 bridgehead atoms. The highest BCUT2D eigenvalue weighted by atomic mass is 15.3. The highest BCUT2D eigenvalue weighted by Crippen LogP contribution is 2.17. The molecule has 2 saturated heterocycles. The van der Waals surface area contributed by atoms with E-state index in [0.717, 1.165) is 63.5 Å². The topological polar surface area (TPSA) is 47.0 Å². The van der Waals surface area contributed by atoms with Gasteiger partial charge in [-0.05, 0) is 44.4 Å². The number of likely N-dealkylation sites (N-methyl/N-ethyl adjacent to an activating group) is 1. The molecule has 0 saturated carbocycles. The van der Waals surface area contributed by atoms with Crippen LogP contribution in [0.2, 0.25) is 0 Å². The monoisotopic (exact) mass is 358 g/mol. The van der Waals surface area contributed by atoms with E-state index < -0.39 is 0 Å². The van der Waals surface area contributed by atoms with Crippen molar-refractivity contribution in [3.63, 3.8) is 0 Å². The highest BCUT2D eigenvalue weighted by molar-refractivity contribution is 5.80. The first-order chi connectivity index (χ1) is 12.7. The van der Waals surface area contributed by atoms with Gasteiger partial charge in [0.05, 0.1) is 6.54 Å². The van der Waals surface area contributed by atoms with Gasteiger partial charge in [-0.3, -0.25) is 0 Å². The van der Waals surface area contributed by atoms with E-state index in [0.29, 0.717) is 6.54 Å². The maximum atomic E-state index is 4.86. The fourth-order valence-corrected chi connectivity index (χ4v) is 3.55. The van der Waals surface area contributed by atoms with Crippen molar-refractivity contribution >= 4 is 11.8 Å². The molecular weight excluding hydrogens is 324 g/mol. The Morgan fingerprint density at radius 2 is 1.88 bits per heavy atom. The molecule has 26 heavy (non-hydrogen) atoms. The Hall–Kier alpha value is -1.82. The molecule has 1 aromatic heterocycles. The number of rotatable bonds is 4. The second-order valence-electron chi connectivity index (χ2n) is 7.65. The van der Waals surface area contributed by atoms with Crippen molar-refractivity contribution in [1.82, 2.24) is 20.1 Å². The van der Waals surface area contributed by atoms with Crippen molar-refractivity contribution in [2.75, 3.05) is 57.8 Å². The molecule has 0 aliphatic carbocycles. The number of likely N-dealkylation sites (tertiary alicyclic amines) is 1. The fourth-order valence-electron chi connectivity index (χ4n) is 3.55. The SMILES string of the molecule is CCNC(=NCc1ccc(N2CCN(C)CC2)nc1)N1CCC(C)CC1. The zero-order chi connectivity index (χ0) is 18.4. The molecule has 0 unspecified atom stereocenters. The van der Waals surface area contributed by atoms with E-state index >= 15 is 0 Å². The summed E-state index contributed by atoms with van der Waals surface area (Å²) in [5.41, 5.74) is 1.17. The molecule has 144 valence electrons. The predicted octanol–water partition coefficient (Wildman–Crippen LogP) is 2.03. The lowest BCUT2D eigenvalue weighted by molar-refractivity contribution is 0.273. The zero-order valence-electron chi connectivity index (χ0n) is 16.6. The lowest BCUT2D eigenvalue weighted by Crippen LogP contribution is -2.45. The van der Waals surface area contributed by atoms with Crippen LogP contribution in [0.3, 0.4) is 0 Å². The van der Waals surface area contributed by atoms with Gasteiger partial charge in [0.15, 0.2) is 5.96 Å². The number of anilines is 1. The summed E-state index contributed by atoms with van der Waals surface area (Å²) >= 11 is 0. The molecule has 2 aliphatic heterocycles. The molecule has 2 aliphatic rings. The maximum absolute atomic E-state index is 4.86. The third kappa shape index (κ3) is 5.10. The third-order valence-corrected chi connectivity index (χ3v) is 5.47. The van der Waals surface area contributed by atoms with Gasteiger partial charge in [0, 0.05) is 52.0 Å². The van der Waals surface area contributed by atoms with Crippen LogP contribution in [-0.4, -0.2) is 73.6 Å². The molecule has 0 radical (unpaired) electrons. The Morgan fingerprint density at radius 3 is 2.50 bits per heavy atom. The molecule has 6 nitrogen and oxygen atoms in total. The summed E-state index contributed by atoms with van der Waals surface area (Å²) in [6.07, 6.45) is 4.50. The fraction of sp³-hybridized carbons (Fsp3) is 0.700. The van der Waals surface area contributed by atoms with E-state index in [2.05, 4.69) is 58.0 Å². The predicted molar refractivity (Wildman–Crippen MR) is 109 cm³/mol. The van der Waals surface area contributed by atoms with Crippen molar-refractivity contribution < 1.29 is 0 Å². The van der Waals surface area contributed by atoms with Crippen LogP contribution in [0.1, 0.15) is 32.3 Å². The van der Waals surface area contributed by atoms with Gasteiger partial charge in [-0.25, -0.2) is 9.98 Å². The summed E-state index contributed by atoms with van der Waals surface area (Å²) in [5, 5.41) is 3.45. The smallest absolute Gasteiger partial charge is 0.194 e. The van der Waals surface area contributed by atoms with Crippen molar-refractivity contribution in [3.8, 4) is 0 Å². The second kappa shape index (κ2) is 9.21. The first-order valence-corrected chi connectivity index (χ1v) is 10.1. The molecule has 3 rings (SSSR count). The normalized spacial score (nSPS) is 20.5. The highest BCUT2D eigenvalue weighted by Gasteiger charge is 2.18. The van der Waals surface area contributed by atoms with Gasteiger partial charge < -0.3 is 20.0 Å². The van der Waals surface area contributed by atoms with Crippen molar-refractivity contribution in [2.24, 2.45) is 10.9 Å². The minimum Gasteiger partial charge on any atom is -0.357 e. The molecule has 0 atom stereocenters. The van der Waals surface area contributed by atoms with Gasteiger partial charge in [-0.2, -0.15) is 0 Å². The number of piperidine rings is 1. The summed E-state index contributed by atoms with van der Waals surface area (Å²) in [7, 11) is 2.18. The molecule has 6 heteroatoms. The standard InChI is InChI=1S/C20H34N6/c1-4-21-20(26-9-7-17(2)8-10-26)23-16-18-5-6-19(22-15-18)25-13-11-24(3)12-14-25/h5-6,15,17H,4,7-14,16H2,1-3H3,(H,21,23). The van der Waals surface area contributed by atoms with Crippen LogP contribution in [-0.2, 0) is 6.54 Å². The van der Waals surface area contributed by atoms with E-state index in [-0.39, 0.29) is 0 Å². The van der Waals surface area contributed by atoms with Crippen LogP contribution in [0.25, 0.3) is 0 Å². The summed E-state index contributed by atoms with van der Waals surface area (Å²) < 4.78 is 0. The molecule has 1 N–H and O–H groups in total. The number of hydrogen-bond donors (Lipinski definition) is 1. The van der Waals surface area contributed by atoms with Crippen LogP contribution in [0.4, 0.5) is 5.82 Å². The van der Waals surface area contributed by atoms with E-state index in [1.54, 1.807) is 0 Å². The molecule has 0 aromatic carbocycles. The van der Waals surface area contributed by atoms with Gasteiger partial charge in [0.25, 0.3) is 0 Å². The Morgan fingerprint density at radius 1 is 1.15 bits per heavy atom. The van der Waals surface area contributed by atoms with E-state index in [1.807, 2.05) is 6.20 Å². The van der Waals surface area contributed by atoms with Gasteiger partial charge in [0.1, 0.15) is 5.82 Å². The number of pyridine rings is 1. The summed E-state index contributed by atoms with van der Waals surface area (Å²) in [4.78, 5) is 16.7. The molecule has 0 spiro atoms. The lowest BCUT2D eigenvalue weighted by atomic mass is 10.00. The van der Waals surface area contributed by atoms with Crippen LogP contribution >= 0.6 is 0 Å². The van der Waals surface area contributed by atoms with Crippen molar-refractivity contribution in [1.29, 1.82) is 0 Å². The van der Waals surface area contributed by atoms with E-state index in [4.69, 9.17) is 4.99 Å². The number of guanidine groups is 1. The van der Waals surface area contributed by atoms with Gasteiger partial charge in [-0.1, -0.05) is 13.0 Å². The summed E-state index contributed by atoms with van der Waals surface area (Å²) in [6, 6.07) is 4.32. The average Bonchev–Trinajstić information content (AvgIpc) is 2.67. The Kier molecular flexibility index (Phi) is 6.72. The molecule has 2 fully saturated rings. The number of nitrogens with one attached hydrogen (secondary N) is 1. The first-order valence-electron chi connectivity index (χ1n) is 10.1. The zero-order valence-corrected chi connectivity index (χ0v) is 16.6. The minimum atomic E-state index is 0.685.